The summed E-state index contributed by atoms with van der Waals surface area (Å²) in [6.07, 6.45) is 3.29. The van der Waals surface area contributed by atoms with Gasteiger partial charge in [-0.3, -0.25) is 4.98 Å². The third kappa shape index (κ3) is 2.10. The van der Waals surface area contributed by atoms with Crippen molar-refractivity contribution in [1.29, 1.82) is 0 Å². The van der Waals surface area contributed by atoms with Crippen molar-refractivity contribution in [3.05, 3.63) is 42.7 Å². The second kappa shape index (κ2) is 3.92. The molecule has 0 N–H and O–H groups in total. The third-order valence-electron chi connectivity index (χ3n) is 1.72. The smallest absolute Gasteiger partial charge is 0.237 e. The van der Waals surface area contributed by atoms with Gasteiger partial charge in [0.25, 0.3) is 0 Å². The number of benzene rings is 1. The second-order valence-corrected chi connectivity index (χ2v) is 2.91. The Morgan fingerprint density at radius 1 is 1.00 bits per heavy atom. The molecule has 0 unspecified atom stereocenters. The highest BCUT2D eigenvalue weighted by atomic mass is 16.5. The lowest BCUT2D eigenvalue weighted by molar-refractivity contribution is 0.460. The molecular formula is C10H9BN2O. The van der Waals surface area contributed by atoms with Crippen LogP contribution in [0.1, 0.15) is 0 Å². The third-order valence-corrected chi connectivity index (χ3v) is 1.72. The van der Waals surface area contributed by atoms with Crippen molar-refractivity contribution in [2.45, 2.75) is 0 Å². The topological polar surface area (TPSA) is 35.0 Å². The number of nitrogens with zero attached hydrogens (tertiary/aromatic N) is 2. The first-order chi connectivity index (χ1) is 6.84. The Balaban J connectivity index is 2.16. The van der Waals surface area contributed by atoms with Gasteiger partial charge in [-0.25, -0.2) is 4.98 Å². The molecule has 0 aliphatic rings. The van der Waals surface area contributed by atoms with Crippen LogP contribution in [-0.4, -0.2) is 17.8 Å². The SMILES string of the molecule is Bc1cnc(Oc2ccccc2)cn1. The van der Waals surface area contributed by atoms with Crippen LogP contribution in [0.3, 0.4) is 0 Å². The Bertz CT molecular complexity index is 402. The number of ether oxygens (including phenoxy) is 1. The number of hydrogen-bond acceptors (Lipinski definition) is 3. The molecule has 1 aromatic heterocycles. The van der Waals surface area contributed by atoms with Crippen LogP contribution in [0.15, 0.2) is 42.7 Å². The molecule has 0 amide bonds. The highest BCUT2D eigenvalue weighted by Gasteiger charge is 1.96. The zero-order valence-corrected chi connectivity index (χ0v) is 7.84. The molecule has 0 bridgehead atoms. The average molecular weight is 184 g/mol. The van der Waals surface area contributed by atoms with Crippen molar-refractivity contribution in [3.8, 4) is 11.6 Å². The lowest BCUT2D eigenvalue weighted by atomic mass is 10.1. The fourth-order valence-electron chi connectivity index (χ4n) is 1.04. The summed E-state index contributed by atoms with van der Waals surface area (Å²) < 4.78 is 5.46. The fourth-order valence-corrected chi connectivity index (χ4v) is 1.04. The molecule has 4 heteroatoms. The van der Waals surface area contributed by atoms with Gasteiger partial charge < -0.3 is 4.74 Å². The van der Waals surface area contributed by atoms with Crippen LogP contribution in [0.25, 0.3) is 0 Å². The van der Waals surface area contributed by atoms with Crippen molar-refractivity contribution >= 4 is 13.4 Å². The van der Waals surface area contributed by atoms with Gasteiger partial charge in [0.15, 0.2) is 7.85 Å². The van der Waals surface area contributed by atoms with Crippen molar-refractivity contribution in [2.24, 2.45) is 0 Å². The van der Waals surface area contributed by atoms with E-state index in [1.54, 1.807) is 12.4 Å². The molecule has 0 aliphatic heterocycles. The number of aromatic nitrogens is 2. The van der Waals surface area contributed by atoms with Gasteiger partial charge in [0.2, 0.25) is 5.88 Å². The molecular weight excluding hydrogens is 175 g/mol. The van der Waals surface area contributed by atoms with Crippen LogP contribution >= 0.6 is 0 Å². The van der Waals surface area contributed by atoms with Crippen molar-refractivity contribution in [1.82, 2.24) is 9.97 Å². The molecule has 2 aromatic rings. The molecule has 0 atom stereocenters. The van der Waals surface area contributed by atoms with Crippen LogP contribution in [0, 0.1) is 0 Å². The maximum Gasteiger partial charge on any atom is 0.237 e. The molecule has 0 spiro atoms. The van der Waals surface area contributed by atoms with Gasteiger partial charge in [0.1, 0.15) is 5.75 Å². The molecule has 1 aromatic carbocycles. The van der Waals surface area contributed by atoms with E-state index in [9.17, 15) is 0 Å². The predicted octanol–water partition coefficient (Wildman–Crippen LogP) is 0.527. The van der Waals surface area contributed by atoms with E-state index in [1.807, 2.05) is 38.2 Å². The molecule has 0 aliphatic carbocycles. The lowest BCUT2D eigenvalue weighted by Crippen LogP contribution is -2.07. The van der Waals surface area contributed by atoms with Crippen LogP contribution < -0.4 is 10.3 Å². The summed E-state index contributed by atoms with van der Waals surface area (Å²) in [5.74, 6) is 1.28. The summed E-state index contributed by atoms with van der Waals surface area (Å²) in [6.45, 7) is 0. The van der Waals surface area contributed by atoms with Gasteiger partial charge in [0.05, 0.1) is 6.20 Å². The number of hydrogen-bond donors (Lipinski definition) is 0. The molecule has 14 heavy (non-hydrogen) atoms. The van der Waals surface area contributed by atoms with Crippen LogP contribution in [-0.2, 0) is 0 Å². The lowest BCUT2D eigenvalue weighted by Gasteiger charge is -2.02. The maximum atomic E-state index is 5.46. The number of para-hydroxylation sites is 1. The minimum absolute atomic E-state index is 0.516. The average Bonchev–Trinajstić information content (AvgIpc) is 2.23. The normalized spacial score (nSPS) is 9.71. The summed E-state index contributed by atoms with van der Waals surface area (Å²) >= 11 is 0. The summed E-state index contributed by atoms with van der Waals surface area (Å²) in [5.41, 5.74) is 0.880. The fraction of sp³-hybridized carbons (Fsp3) is 0. The van der Waals surface area contributed by atoms with Crippen molar-refractivity contribution in [3.63, 3.8) is 0 Å². The van der Waals surface area contributed by atoms with Gasteiger partial charge in [-0.15, -0.1) is 0 Å². The van der Waals surface area contributed by atoms with E-state index < -0.39 is 0 Å². The number of rotatable bonds is 2. The summed E-state index contributed by atoms with van der Waals surface area (Å²) in [5, 5.41) is 0. The Labute approximate surface area is 83.2 Å². The Hall–Kier alpha value is -1.84. The van der Waals surface area contributed by atoms with E-state index in [-0.39, 0.29) is 0 Å². The molecule has 0 radical (unpaired) electrons. The maximum absolute atomic E-state index is 5.46. The van der Waals surface area contributed by atoms with Gasteiger partial charge >= 0.3 is 0 Å². The quantitative estimate of drug-likeness (QED) is 0.638. The second-order valence-electron chi connectivity index (χ2n) is 2.91. The van der Waals surface area contributed by atoms with E-state index in [0.29, 0.717) is 5.88 Å². The molecule has 3 nitrogen and oxygen atoms in total. The molecule has 0 saturated carbocycles. The zero-order valence-electron chi connectivity index (χ0n) is 7.84. The Morgan fingerprint density at radius 3 is 2.43 bits per heavy atom. The van der Waals surface area contributed by atoms with Gasteiger partial charge in [-0.1, -0.05) is 18.2 Å². The van der Waals surface area contributed by atoms with E-state index in [1.165, 1.54) is 0 Å². The minimum Gasteiger partial charge on any atom is -0.438 e. The van der Waals surface area contributed by atoms with Crippen LogP contribution in [0.4, 0.5) is 0 Å². The monoisotopic (exact) mass is 184 g/mol. The van der Waals surface area contributed by atoms with Gasteiger partial charge in [-0.05, 0) is 12.1 Å². The first-order valence-electron chi connectivity index (χ1n) is 4.36. The zero-order chi connectivity index (χ0) is 9.80. The van der Waals surface area contributed by atoms with Gasteiger partial charge in [-0.2, -0.15) is 0 Å². The highest BCUT2D eigenvalue weighted by molar-refractivity contribution is 6.30. The largest absolute Gasteiger partial charge is 0.438 e. The molecule has 2 rings (SSSR count). The standard InChI is InChI=1S/C10H9BN2O/c11-9-6-13-10(7-12-9)14-8-4-2-1-3-5-8/h1-7H,11H2. The molecule has 0 saturated heterocycles. The minimum atomic E-state index is 0.516. The van der Waals surface area contributed by atoms with Crippen molar-refractivity contribution < 1.29 is 4.74 Å². The summed E-state index contributed by atoms with van der Waals surface area (Å²) in [7, 11) is 1.89. The first kappa shape index (κ1) is 8.75. The van der Waals surface area contributed by atoms with Gasteiger partial charge in [0, 0.05) is 11.8 Å². The van der Waals surface area contributed by atoms with Crippen molar-refractivity contribution in [2.75, 3.05) is 0 Å². The van der Waals surface area contributed by atoms with Crippen LogP contribution in [0.5, 0.6) is 11.6 Å². The summed E-state index contributed by atoms with van der Waals surface area (Å²) in [6, 6.07) is 9.52. The first-order valence-corrected chi connectivity index (χ1v) is 4.36. The molecule has 68 valence electrons. The van der Waals surface area contributed by atoms with E-state index in [4.69, 9.17) is 4.74 Å². The Kier molecular flexibility index (Phi) is 2.45. The molecule has 1 heterocycles. The van der Waals surface area contributed by atoms with E-state index in [2.05, 4.69) is 9.97 Å². The van der Waals surface area contributed by atoms with Crippen LogP contribution in [0.2, 0.25) is 0 Å². The summed E-state index contributed by atoms with van der Waals surface area (Å²) in [4.78, 5) is 8.18. The highest BCUT2D eigenvalue weighted by Crippen LogP contribution is 2.16. The Morgan fingerprint density at radius 2 is 1.79 bits per heavy atom. The molecule has 0 fully saturated rings. The van der Waals surface area contributed by atoms with E-state index in [0.717, 1.165) is 11.3 Å². The predicted molar refractivity (Wildman–Crippen MR) is 56.7 cm³/mol. The van der Waals surface area contributed by atoms with E-state index >= 15 is 0 Å².